The number of benzene rings is 1. The van der Waals surface area contributed by atoms with Crippen molar-refractivity contribution in [2.24, 2.45) is 0 Å². The van der Waals surface area contributed by atoms with Gasteiger partial charge in [-0.25, -0.2) is 14.2 Å². The van der Waals surface area contributed by atoms with E-state index in [1.54, 1.807) is 32.2 Å². The van der Waals surface area contributed by atoms with Gasteiger partial charge in [-0.2, -0.15) is 0 Å². The minimum atomic E-state index is -0.513. The topological polar surface area (TPSA) is 60.5 Å². The molecule has 0 bridgehead atoms. The number of carbonyl (C=O) groups is 1. The molecular formula is C21H27FN2O3. The number of ether oxygens (including phenoxy) is 1. The fourth-order valence-corrected chi connectivity index (χ4v) is 2.40. The Kier molecular flexibility index (Phi) is 6.54. The van der Waals surface area contributed by atoms with Crippen molar-refractivity contribution in [3.05, 3.63) is 58.7 Å². The molecule has 2 rings (SSSR count). The van der Waals surface area contributed by atoms with Crippen LogP contribution in [-0.4, -0.2) is 22.7 Å². The van der Waals surface area contributed by atoms with E-state index < -0.39 is 11.6 Å². The van der Waals surface area contributed by atoms with E-state index in [-0.39, 0.29) is 17.6 Å². The number of halogens is 1. The van der Waals surface area contributed by atoms with Crippen molar-refractivity contribution in [1.82, 2.24) is 4.98 Å². The maximum atomic E-state index is 13.1. The first-order chi connectivity index (χ1) is 12.6. The first kappa shape index (κ1) is 20.8. The third kappa shape index (κ3) is 6.03. The number of esters is 1. The summed E-state index contributed by atoms with van der Waals surface area (Å²) in [6, 6.07) is 6.31. The summed E-state index contributed by atoms with van der Waals surface area (Å²) in [5, 5.41) is 0. The van der Waals surface area contributed by atoms with Crippen LogP contribution in [-0.2, 0) is 16.0 Å². The Balaban J connectivity index is 2.39. The summed E-state index contributed by atoms with van der Waals surface area (Å²) in [4.78, 5) is 22.4. The summed E-state index contributed by atoms with van der Waals surface area (Å²) in [6.07, 6.45) is 1.95. The second kappa shape index (κ2) is 8.48. The number of nitrogens with one attached hydrogen (secondary N) is 1. The maximum absolute atomic E-state index is 13.1. The third-order valence-corrected chi connectivity index (χ3v) is 3.75. The molecule has 1 aromatic heterocycles. The molecule has 1 heterocycles. The minimum absolute atomic E-state index is 0.174. The Hall–Kier alpha value is -2.47. The van der Waals surface area contributed by atoms with Crippen LogP contribution in [0.4, 0.5) is 10.1 Å². The van der Waals surface area contributed by atoms with Crippen LogP contribution in [0.5, 0.6) is 0 Å². The van der Waals surface area contributed by atoms with Crippen LogP contribution < -0.4 is 5.48 Å². The average Bonchev–Trinajstić information content (AvgIpc) is 2.55. The Morgan fingerprint density at radius 1 is 1.22 bits per heavy atom. The van der Waals surface area contributed by atoms with Crippen molar-refractivity contribution in [3.8, 4) is 0 Å². The van der Waals surface area contributed by atoms with Crippen LogP contribution >= 0.6 is 0 Å². The molecule has 5 nitrogen and oxygen atoms in total. The highest BCUT2D eigenvalue weighted by Gasteiger charge is 2.22. The lowest BCUT2D eigenvalue weighted by Crippen LogP contribution is -2.25. The summed E-state index contributed by atoms with van der Waals surface area (Å²) < 4.78 is 18.4. The van der Waals surface area contributed by atoms with Crippen LogP contribution in [0.2, 0.25) is 0 Å². The molecule has 0 atom stereocenters. The predicted molar refractivity (Wildman–Crippen MR) is 103 cm³/mol. The normalized spacial score (nSPS) is 11.6. The fraction of sp³-hybridized carbons (Fsp3) is 0.429. The SMILES string of the molecule is Cc1c(Cc2ccc(F)cc2)cnc(C(=O)OC(C)C)c1NOC(C)(C)C. The van der Waals surface area contributed by atoms with Gasteiger partial charge in [-0.05, 0) is 76.8 Å². The number of aromatic nitrogens is 1. The third-order valence-electron chi connectivity index (χ3n) is 3.75. The number of carbonyl (C=O) groups excluding carboxylic acids is 1. The van der Waals surface area contributed by atoms with Gasteiger partial charge in [0.25, 0.3) is 0 Å². The van der Waals surface area contributed by atoms with Gasteiger partial charge in [0.05, 0.1) is 17.4 Å². The zero-order chi connectivity index (χ0) is 20.2. The summed E-state index contributed by atoms with van der Waals surface area (Å²) in [7, 11) is 0. The van der Waals surface area contributed by atoms with Crippen LogP contribution in [0.25, 0.3) is 0 Å². The zero-order valence-corrected chi connectivity index (χ0v) is 16.7. The van der Waals surface area contributed by atoms with Crippen molar-refractivity contribution < 1.29 is 18.8 Å². The van der Waals surface area contributed by atoms with Crippen molar-refractivity contribution >= 4 is 11.7 Å². The van der Waals surface area contributed by atoms with Gasteiger partial charge >= 0.3 is 5.97 Å². The van der Waals surface area contributed by atoms with Crippen LogP contribution in [0.15, 0.2) is 30.5 Å². The smallest absolute Gasteiger partial charge is 0.359 e. The molecule has 27 heavy (non-hydrogen) atoms. The highest BCUT2D eigenvalue weighted by atomic mass is 19.1. The molecule has 0 unspecified atom stereocenters. The van der Waals surface area contributed by atoms with Crippen molar-refractivity contribution in [1.29, 1.82) is 0 Å². The van der Waals surface area contributed by atoms with E-state index in [2.05, 4.69) is 10.5 Å². The first-order valence-electron chi connectivity index (χ1n) is 8.94. The Bertz CT molecular complexity index is 796. The molecule has 0 aliphatic heterocycles. The molecule has 2 aromatic rings. The summed E-state index contributed by atoms with van der Waals surface area (Å²) in [5.74, 6) is -0.789. The molecule has 6 heteroatoms. The fourth-order valence-electron chi connectivity index (χ4n) is 2.40. The van der Waals surface area contributed by atoms with Crippen molar-refractivity contribution in [2.45, 2.75) is 59.7 Å². The van der Waals surface area contributed by atoms with Gasteiger partial charge in [0.15, 0.2) is 5.69 Å². The van der Waals surface area contributed by atoms with E-state index in [1.165, 1.54) is 12.1 Å². The van der Waals surface area contributed by atoms with Gasteiger partial charge in [0.1, 0.15) is 5.82 Å². The van der Waals surface area contributed by atoms with Crippen LogP contribution in [0.3, 0.4) is 0 Å². The molecule has 1 aromatic carbocycles. The molecule has 0 aliphatic rings. The van der Waals surface area contributed by atoms with Gasteiger partial charge in [0, 0.05) is 6.20 Å². The van der Waals surface area contributed by atoms with E-state index in [0.29, 0.717) is 12.1 Å². The lowest BCUT2D eigenvalue weighted by Gasteiger charge is -2.23. The summed E-state index contributed by atoms with van der Waals surface area (Å²) in [5.41, 5.74) is 5.76. The van der Waals surface area contributed by atoms with Crippen molar-refractivity contribution in [3.63, 3.8) is 0 Å². The highest BCUT2D eigenvalue weighted by Crippen LogP contribution is 2.26. The van der Waals surface area contributed by atoms with Gasteiger partial charge in [-0.1, -0.05) is 12.1 Å². The first-order valence-corrected chi connectivity index (χ1v) is 8.94. The molecule has 0 aliphatic carbocycles. The quantitative estimate of drug-likeness (QED) is 0.580. The largest absolute Gasteiger partial charge is 0.458 e. The molecule has 0 amide bonds. The molecule has 0 spiro atoms. The second-order valence-corrected chi connectivity index (χ2v) is 7.71. The molecule has 0 radical (unpaired) electrons. The second-order valence-electron chi connectivity index (χ2n) is 7.71. The molecular weight excluding hydrogens is 347 g/mol. The van der Waals surface area contributed by atoms with Gasteiger partial charge in [0.2, 0.25) is 0 Å². The van der Waals surface area contributed by atoms with E-state index in [4.69, 9.17) is 9.57 Å². The van der Waals surface area contributed by atoms with Gasteiger partial charge in [-0.15, -0.1) is 0 Å². The monoisotopic (exact) mass is 374 g/mol. The Labute approximate surface area is 159 Å². The van der Waals surface area contributed by atoms with E-state index in [1.807, 2.05) is 27.7 Å². The van der Waals surface area contributed by atoms with Crippen LogP contribution in [0.1, 0.15) is 61.8 Å². The molecule has 146 valence electrons. The number of rotatable bonds is 6. The predicted octanol–water partition coefficient (Wildman–Crippen LogP) is 4.83. The molecule has 1 N–H and O–H groups in total. The number of anilines is 1. The van der Waals surface area contributed by atoms with Crippen LogP contribution in [0, 0.1) is 12.7 Å². The average molecular weight is 374 g/mol. The van der Waals surface area contributed by atoms with Gasteiger partial charge < -0.3 is 4.74 Å². The maximum Gasteiger partial charge on any atom is 0.359 e. The van der Waals surface area contributed by atoms with Crippen molar-refractivity contribution in [2.75, 3.05) is 5.48 Å². The van der Waals surface area contributed by atoms with E-state index in [0.717, 1.165) is 16.7 Å². The van der Waals surface area contributed by atoms with E-state index >= 15 is 0 Å². The molecule has 0 fully saturated rings. The summed E-state index contributed by atoms with van der Waals surface area (Å²) >= 11 is 0. The lowest BCUT2D eigenvalue weighted by atomic mass is 10.0. The standard InChI is InChI=1S/C21H27FN2O3/c1-13(2)26-20(25)19-18(24-27-21(4,5)6)14(3)16(12-23-19)11-15-7-9-17(22)10-8-15/h7-10,12-13,24H,11H2,1-6H3. The molecule has 0 saturated carbocycles. The molecule has 0 saturated heterocycles. The van der Waals surface area contributed by atoms with E-state index in [9.17, 15) is 9.18 Å². The number of pyridine rings is 1. The Morgan fingerprint density at radius 2 is 1.85 bits per heavy atom. The summed E-state index contributed by atoms with van der Waals surface area (Å²) in [6.45, 7) is 11.2. The zero-order valence-electron chi connectivity index (χ0n) is 16.7. The van der Waals surface area contributed by atoms with Gasteiger partial charge in [-0.3, -0.25) is 10.3 Å². The number of hydrogen-bond donors (Lipinski definition) is 1. The minimum Gasteiger partial charge on any atom is -0.458 e. The lowest BCUT2D eigenvalue weighted by molar-refractivity contribution is 0.0322. The number of hydrogen-bond acceptors (Lipinski definition) is 5. The number of nitrogens with zero attached hydrogens (tertiary/aromatic N) is 1. The highest BCUT2D eigenvalue weighted by molar-refractivity contribution is 5.94. The Morgan fingerprint density at radius 3 is 2.41 bits per heavy atom.